The van der Waals surface area contributed by atoms with Crippen LogP contribution in [0.4, 0.5) is 0 Å². The molecule has 1 heterocycles. The van der Waals surface area contributed by atoms with Crippen LogP contribution in [0.5, 0.6) is 0 Å². The molecule has 8 nitrogen and oxygen atoms in total. The number of rotatable bonds is 8. The van der Waals surface area contributed by atoms with Gasteiger partial charge in [0, 0.05) is 12.5 Å². The van der Waals surface area contributed by atoms with Crippen molar-refractivity contribution in [2.45, 2.75) is 25.8 Å². The molecule has 0 aliphatic carbocycles. The summed E-state index contributed by atoms with van der Waals surface area (Å²) in [5.74, 6) is -1.34. The van der Waals surface area contributed by atoms with Crippen molar-refractivity contribution in [3.63, 3.8) is 0 Å². The molecule has 1 aromatic rings. The van der Waals surface area contributed by atoms with E-state index in [1.165, 1.54) is 23.9 Å². The summed E-state index contributed by atoms with van der Waals surface area (Å²) in [6.07, 6.45) is 3.98. The van der Waals surface area contributed by atoms with Gasteiger partial charge in [0.15, 0.2) is 0 Å². The minimum Gasteiger partial charge on any atom is -0.465 e. The van der Waals surface area contributed by atoms with Crippen LogP contribution >= 0.6 is 0 Å². The molecule has 0 bridgehead atoms. The quantitative estimate of drug-likeness (QED) is 0.280. The second-order valence-electron chi connectivity index (χ2n) is 4.24. The molecule has 0 saturated heterocycles. The van der Waals surface area contributed by atoms with Gasteiger partial charge < -0.3 is 14.5 Å². The third-order valence-electron chi connectivity index (χ3n) is 2.61. The van der Waals surface area contributed by atoms with E-state index in [9.17, 15) is 14.4 Å². The van der Waals surface area contributed by atoms with Crippen molar-refractivity contribution < 1.29 is 28.7 Å². The Morgan fingerprint density at radius 1 is 1.45 bits per heavy atom. The maximum absolute atomic E-state index is 11.8. The number of carbonyl (C=O) groups excluding carboxylic acids is 3. The number of ether oxygens (including phenoxy) is 1. The van der Waals surface area contributed by atoms with Crippen LogP contribution in [-0.2, 0) is 19.1 Å². The van der Waals surface area contributed by atoms with Crippen LogP contribution in [0, 0.1) is 0 Å². The Kier molecular flexibility index (Phi) is 7.41. The maximum atomic E-state index is 11.8. The first kappa shape index (κ1) is 17.4. The zero-order chi connectivity index (χ0) is 16.4. The summed E-state index contributed by atoms with van der Waals surface area (Å²) >= 11 is 0. The van der Waals surface area contributed by atoms with Gasteiger partial charge in [0.25, 0.3) is 0 Å². The molecule has 0 aliphatic rings. The lowest BCUT2D eigenvalue weighted by Gasteiger charge is -2.15. The van der Waals surface area contributed by atoms with E-state index in [0.717, 1.165) is 0 Å². The zero-order valence-electron chi connectivity index (χ0n) is 12.1. The van der Waals surface area contributed by atoms with Crippen LogP contribution in [0.15, 0.2) is 28.9 Å². The van der Waals surface area contributed by atoms with Crippen molar-refractivity contribution in [1.29, 1.82) is 0 Å². The van der Waals surface area contributed by atoms with Gasteiger partial charge in [0.05, 0.1) is 12.9 Å². The molecule has 0 aliphatic heterocycles. The highest BCUT2D eigenvalue weighted by Crippen LogP contribution is 2.04. The topological polar surface area (TPSA) is 118 Å². The van der Waals surface area contributed by atoms with Gasteiger partial charge in [-0.3, -0.25) is 14.8 Å². The van der Waals surface area contributed by atoms with Crippen LogP contribution in [0.2, 0.25) is 0 Å². The Morgan fingerprint density at radius 2 is 2.23 bits per heavy atom. The standard InChI is InChI=1S/C14H18N2O6/c1-2-21-14(19)11(6-8-13(18)16-20)15-12(17)7-5-10-4-3-9-22-10/h3-5,7,9,11,20H,2,6,8H2,1H3,(H,15,17)(H,16,18)/t11-/m0/s1. The van der Waals surface area contributed by atoms with Crippen LogP contribution in [0.1, 0.15) is 25.5 Å². The number of amides is 2. The van der Waals surface area contributed by atoms with Gasteiger partial charge >= 0.3 is 5.97 Å². The molecule has 0 aromatic carbocycles. The number of hydrogen-bond donors (Lipinski definition) is 3. The van der Waals surface area contributed by atoms with Crippen molar-refractivity contribution in [2.24, 2.45) is 0 Å². The largest absolute Gasteiger partial charge is 0.465 e. The summed E-state index contributed by atoms with van der Waals surface area (Å²) < 4.78 is 9.86. The lowest BCUT2D eigenvalue weighted by Crippen LogP contribution is -2.42. The van der Waals surface area contributed by atoms with Crippen molar-refractivity contribution in [1.82, 2.24) is 10.8 Å². The van der Waals surface area contributed by atoms with Gasteiger partial charge in [-0.2, -0.15) is 0 Å². The smallest absolute Gasteiger partial charge is 0.328 e. The average Bonchev–Trinajstić information content (AvgIpc) is 3.02. The third-order valence-corrected chi connectivity index (χ3v) is 2.61. The number of furan rings is 1. The van der Waals surface area contributed by atoms with E-state index in [4.69, 9.17) is 14.4 Å². The highest BCUT2D eigenvalue weighted by molar-refractivity contribution is 5.94. The van der Waals surface area contributed by atoms with E-state index in [0.29, 0.717) is 5.76 Å². The van der Waals surface area contributed by atoms with Gasteiger partial charge in [-0.1, -0.05) is 0 Å². The van der Waals surface area contributed by atoms with E-state index < -0.39 is 23.8 Å². The van der Waals surface area contributed by atoms with E-state index in [1.807, 2.05) is 0 Å². The fourth-order valence-electron chi connectivity index (χ4n) is 1.59. The minimum atomic E-state index is -0.981. The molecule has 120 valence electrons. The third kappa shape index (κ3) is 6.23. The number of hydrogen-bond acceptors (Lipinski definition) is 6. The molecule has 0 saturated carbocycles. The fraction of sp³-hybridized carbons (Fsp3) is 0.357. The van der Waals surface area contributed by atoms with E-state index in [-0.39, 0.29) is 19.4 Å². The Labute approximate surface area is 127 Å². The predicted octanol–water partition coefficient (Wildman–Crippen LogP) is 0.626. The van der Waals surface area contributed by atoms with E-state index in [2.05, 4.69) is 5.32 Å². The van der Waals surface area contributed by atoms with Gasteiger partial charge in [-0.25, -0.2) is 10.3 Å². The predicted molar refractivity (Wildman–Crippen MR) is 75.5 cm³/mol. The molecule has 22 heavy (non-hydrogen) atoms. The van der Waals surface area contributed by atoms with Crippen LogP contribution in [-0.4, -0.2) is 35.6 Å². The molecule has 0 unspecified atom stereocenters. The lowest BCUT2D eigenvalue weighted by molar-refractivity contribution is -0.147. The Bertz CT molecular complexity index is 523. The van der Waals surface area contributed by atoms with Crippen molar-refractivity contribution in [2.75, 3.05) is 6.61 Å². The summed E-state index contributed by atoms with van der Waals surface area (Å²) in [6.45, 7) is 1.79. The molecule has 8 heteroatoms. The first-order valence-corrected chi connectivity index (χ1v) is 6.68. The average molecular weight is 310 g/mol. The van der Waals surface area contributed by atoms with Crippen molar-refractivity contribution in [3.8, 4) is 0 Å². The highest BCUT2D eigenvalue weighted by atomic mass is 16.5. The number of esters is 1. The molecular weight excluding hydrogens is 292 g/mol. The van der Waals surface area contributed by atoms with Crippen LogP contribution < -0.4 is 10.8 Å². The number of nitrogens with one attached hydrogen (secondary N) is 2. The monoisotopic (exact) mass is 310 g/mol. The van der Waals surface area contributed by atoms with Gasteiger partial charge in [-0.15, -0.1) is 0 Å². The number of carbonyl (C=O) groups is 3. The minimum absolute atomic E-state index is 0.00551. The SMILES string of the molecule is CCOC(=O)[C@H](CCC(=O)NO)NC(=O)C=Cc1ccco1. The van der Waals surface area contributed by atoms with Crippen molar-refractivity contribution in [3.05, 3.63) is 30.2 Å². The lowest BCUT2D eigenvalue weighted by atomic mass is 10.1. The Hall–Kier alpha value is -2.61. The molecule has 2 amide bonds. The second kappa shape index (κ2) is 9.35. The summed E-state index contributed by atoms with van der Waals surface area (Å²) in [4.78, 5) is 34.5. The normalized spacial score (nSPS) is 11.9. The second-order valence-corrected chi connectivity index (χ2v) is 4.24. The van der Waals surface area contributed by atoms with Gasteiger partial charge in [-0.05, 0) is 31.6 Å². The summed E-state index contributed by atoms with van der Waals surface area (Å²) in [5, 5.41) is 10.9. The Balaban J connectivity index is 2.59. The first-order chi connectivity index (χ1) is 10.6. The molecule has 1 aromatic heterocycles. The molecule has 0 radical (unpaired) electrons. The Morgan fingerprint density at radius 3 is 2.82 bits per heavy atom. The van der Waals surface area contributed by atoms with E-state index in [1.54, 1.807) is 19.1 Å². The molecular formula is C14H18N2O6. The fourth-order valence-corrected chi connectivity index (χ4v) is 1.59. The molecule has 0 fully saturated rings. The highest BCUT2D eigenvalue weighted by Gasteiger charge is 2.22. The summed E-state index contributed by atoms with van der Waals surface area (Å²) in [7, 11) is 0. The van der Waals surface area contributed by atoms with Crippen molar-refractivity contribution >= 4 is 23.9 Å². The maximum Gasteiger partial charge on any atom is 0.328 e. The van der Waals surface area contributed by atoms with Crippen LogP contribution in [0.3, 0.4) is 0 Å². The summed E-state index contributed by atoms with van der Waals surface area (Å²) in [6, 6.07) is 2.36. The van der Waals surface area contributed by atoms with E-state index >= 15 is 0 Å². The van der Waals surface area contributed by atoms with Crippen LogP contribution in [0.25, 0.3) is 6.08 Å². The first-order valence-electron chi connectivity index (χ1n) is 6.68. The van der Waals surface area contributed by atoms with Gasteiger partial charge in [0.2, 0.25) is 11.8 Å². The molecule has 0 spiro atoms. The molecule has 1 rings (SSSR count). The molecule has 1 atom stereocenters. The summed E-state index contributed by atoms with van der Waals surface area (Å²) in [5.41, 5.74) is 1.46. The zero-order valence-corrected chi connectivity index (χ0v) is 12.1. The van der Waals surface area contributed by atoms with Gasteiger partial charge in [0.1, 0.15) is 11.8 Å². The number of hydroxylamine groups is 1. The molecule has 3 N–H and O–H groups in total.